The molecule has 0 aromatic rings. The molecule has 2 N–H and O–H groups in total. The van der Waals surface area contributed by atoms with Crippen LogP contribution in [-0.4, -0.2) is 81.2 Å². The number of rotatable bonds is 11. The first-order chi connectivity index (χ1) is 14.7. The number of guanidine groups is 1. The van der Waals surface area contributed by atoms with E-state index in [0.717, 1.165) is 57.9 Å². The first-order valence-corrected chi connectivity index (χ1v) is 11.8. The van der Waals surface area contributed by atoms with Crippen LogP contribution in [0.5, 0.6) is 0 Å². The Hall–Kier alpha value is -0.810. The Balaban J connectivity index is 0.00000961. The molecule has 0 aromatic heterocycles. The minimum Gasteiger partial charge on any atom is -0.444 e. The summed E-state index contributed by atoms with van der Waals surface area (Å²) in [7, 11) is 1.84. The predicted molar refractivity (Wildman–Crippen MR) is 141 cm³/mol. The molecule has 1 fully saturated rings. The third kappa shape index (κ3) is 13.7. The van der Waals surface area contributed by atoms with Gasteiger partial charge >= 0.3 is 6.09 Å². The van der Waals surface area contributed by atoms with E-state index in [1.165, 1.54) is 0 Å². The quantitative estimate of drug-likeness (QED) is 0.169. The summed E-state index contributed by atoms with van der Waals surface area (Å²) in [5.41, 5.74) is -0.469. The zero-order chi connectivity index (χ0) is 23.3. The topological polar surface area (TPSA) is 84.4 Å². The standard InChI is InChI=1S/C23H46N4O4.HI/c1-8-29-20(18(2)3)10-14-25-21(24-7)27-15-11-19(12-16-27)30-17-9-13-26-22(28)31-23(4,5)6;/h18-20H,8-17H2,1-7H3,(H,24,25)(H,26,28);1H. The van der Waals surface area contributed by atoms with Crippen LogP contribution >= 0.6 is 24.0 Å². The van der Waals surface area contributed by atoms with Crippen LogP contribution in [0.3, 0.4) is 0 Å². The van der Waals surface area contributed by atoms with Gasteiger partial charge in [0.15, 0.2) is 5.96 Å². The Morgan fingerprint density at radius 1 is 1.16 bits per heavy atom. The second kappa shape index (κ2) is 16.7. The Morgan fingerprint density at radius 2 is 1.81 bits per heavy atom. The van der Waals surface area contributed by atoms with Crippen molar-refractivity contribution in [2.45, 2.75) is 85.0 Å². The monoisotopic (exact) mass is 570 g/mol. The summed E-state index contributed by atoms with van der Waals surface area (Å²) in [6.07, 6.45) is 3.88. The van der Waals surface area contributed by atoms with Crippen LogP contribution in [0.15, 0.2) is 4.99 Å². The number of hydrogen-bond acceptors (Lipinski definition) is 5. The molecule has 0 spiro atoms. The molecule has 1 unspecified atom stereocenters. The van der Waals surface area contributed by atoms with Gasteiger partial charge in [-0.15, -0.1) is 24.0 Å². The maximum atomic E-state index is 11.6. The number of likely N-dealkylation sites (tertiary alicyclic amines) is 1. The average molecular weight is 571 g/mol. The van der Waals surface area contributed by atoms with Gasteiger partial charge in [0.05, 0.1) is 12.2 Å². The highest BCUT2D eigenvalue weighted by atomic mass is 127. The number of nitrogens with zero attached hydrogens (tertiary/aromatic N) is 2. The molecule has 0 aliphatic carbocycles. The smallest absolute Gasteiger partial charge is 0.407 e. The van der Waals surface area contributed by atoms with Crippen LogP contribution < -0.4 is 10.6 Å². The van der Waals surface area contributed by atoms with Crippen molar-refractivity contribution in [2.75, 3.05) is 46.4 Å². The van der Waals surface area contributed by atoms with Gasteiger partial charge in [0.1, 0.15) is 5.60 Å². The summed E-state index contributed by atoms with van der Waals surface area (Å²) >= 11 is 0. The third-order valence-corrected chi connectivity index (χ3v) is 5.13. The molecule has 0 radical (unpaired) electrons. The number of carbonyl (C=O) groups is 1. The molecule has 1 rings (SSSR count). The molecule has 8 nitrogen and oxygen atoms in total. The molecule has 1 atom stereocenters. The van der Waals surface area contributed by atoms with Gasteiger partial charge in [0.2, 0.25) is 0 Å². The zero-order valence-corrected chi connectivity index (χ0v) is 23.6. The van der Waals surface area contributed by atoms with Crippen molar-refractivity contribution in [3.8, 4) is 0 Å². The molecule has 1 heterocycles. The first-order valence-electron chi connectivity index (χ1n) is 11.8. The lowest BCUT2D eigenvalue weighted by molar-refractivity contribution is 0.0166. The molecule has 0 aromatic carbocycles. The molecule has 32 heavy (non-hydrogen) atoms. The van der Waals surface area contributed by atoms with Crippen molar-refractivity contribution in [3.63, 3.8) is 0 Å². The Bertz CT molecular complexity index is 533. The van der Waals surface area contributed by atoms with Crippen LogP contribution in [0.25, 0.3) is 0 Å². The summed E-state index contributed by atoms with van der Waals surface area (Å²) in [5, 5.41) is 6.25. The van der Waals surface area contributed by atoms with Gasteiger partial charge in [-0.1, -0.05) is 13.8 Å². The lowest BCUT2D eigenvalue weighted by Gasteiger charge is -2.34. The van der Waals surface area contributed by atoms with Crippen molar-refractivity contribution in [1.29, 1.82) is 0 Å². The highest BCUT2D eigenvalue weighted by molar-refractivity contribution is 14.0. The van der Waals surface area contributed by atoms with Gasteiger partial charge in [0, 0.05) is 46.4 Å². The van der Waals surface area contributed by atoms with Crippen LogP contribution in [0.1, 0.15) is 67.2 Å². The maximum absolute atomic E-state index is 11.6. The summed E-state index contributed by atoms with van der Waals surface area (Å²) in [6.45, 7) is 16.7. The van der Waals surface area contributed by atoms with E-state index >= 15 is 0 Å². The van der Waals surface area contributed by atoms with Crippen molar-refractivity contribution >= 4 is 36.0 Å². The zero-order valence-electron chi connectivity index (χ0n) is 21.2. The van der Waals surface area contributed by atoms with E-state index < -0.39 is 5.60 Å². The number of nitrogens with one attached hydrogen (secondary N) is 2. The Kier molecular flexibility index (Phi) is 16.3. The molecular weight excluding hydrogens is 523 g/mol. The maximum Gasteiger partial charge on any atom is 0.407 e. The average Bonchev–Trinajstić information content (AvgIpc) is 2.69. The number of halogens is 1. The summed E-state index contributed by atoms with van der Waals surface area (Å²) < 4.78 is 17.0. The molecule has 0 saturated carbocycles. The van der Waals surface area contributed by atoms with Crippen molar-refractivity contribution in [3.05, 3.63) is 0 Å². The van der Waals surface area contributed by atoms with E-state index in [4.69, 9.17) is 14.2 Å². The number of hydrogen-bond donors (Lipinski definition) is 2. The molecule has 190 valence electrons. The summed E-state index contributed by atoms with van der Waals surface area (Å²) in [6, 6.07) is 0. The second-order valence-electron chi connectivity index (χ2n) is 9.34. The van der Waals surface area contributed by atoms with E-state index in [-0.39, 0.29) is 42.3 Å². The van der Waals surface area contributed by atoms with Gasteiger partial charge in [-0.2, -0.15) is 0 Å². The Labute approximate surface area is 212 Å². The number of piperidine rings is 1. The fraction of sp³-hybridized carbons (Fsp3) is 0.913. The summed E-state index contributed by atoms with van der Waals surface area (Å²) in [4.78, 5) is 18.4. The molecular formula is C23H47IN4O4. The molecule has 1 amide bonds. The lowest BCUT2D eigenvalue weighted by atomic mass is 10.0. The SMILES string of the molecule is CCOC(CCNC(=NC)N1CCC(OCCCNC(=O)OC(C)(C)C)CC1)C(C)C.I. The fourth-order valence-corrected chi connectivity index (χ4v) is 3.54. The number of ether oxygens (including phenoxy) is 3. The number of aliphatic imine (C=N–C) groups is 1. The van der Waals surface area contributed by atoms with E-state index in [1.807, 2.05) is 34.7 Å². The lowest BCUT2D eigenvalue weighted by Crippen LogP contribution is -2.47. The van der Waals surface area contributed by atoms with E-state index in [0.29, 0.717) is 19.1 Å². The highest BCUT2D eigenvalue weighted by Gasteiger charge is 2.22. The van der Waals surface area contributed by atoms with Crippen molar-refractivity contribution in [1.82, 2.24) is 15.5 Å². The van der Waals surface area contributed by atoms with Gasteiger partial charge in [-0.3, -0.25) is 4.99 Å². The van der Waals surface area contributed by atoms with Gasteiger partial charge in [-0.25, -0.2) is 4.79 Å². The van der Waals surface area contributed by atoms with Crippen LogP contribution in [0.4, 0.5) is 4.79 Å². The number of amides is 1. The highest BCUT2D eigenvalue weighted by Crippen LogP contribution is 2.15. The largest absolute Gasteiger partial charge is 0.444 e. The molecule has 9 heteroatoms. The van der Waals surface area contributed by atoms with Gasteiger partial charge in [0.25, 0.3) is 0 Å². The number of alkyl carbamates (subject to hydrolysis) is 1. The summed E-state index contributed by atoms with van der Waals surface area (Å²) in [5.74, 6) is 1.47. The molecule has 1 aliphatic heterocycles. The predicted octanol–water partition coefficient (Wildman–Crippen LogP) is 4.03. The minimum atomic E-state index is -0.469. The van der Waals surface area contributed by atoms with E-state index in [2.05, 4.69) is 34.4 Å². The molecule has 1 saturated heterocycles. The van der Waals surface area contributed by atoms with Gasteiger partial charge in [-0.05, 0) is 59.3 Å². The van der Waals surface area contributed by atoms with Crippen LogP contribution in [-0.2, 0) is 14.2 Å². The Morgan fingerprint density at radius 3 is 2.34 bits per heavy atom. The first kappa shape index (κ1) is 31.2. The van der Waals surface area contributed by atoms with Crippen LogP contribution in [0.2, 0.25) is 0 Å². The van der Waals surface area contributed by atoms with E-state index in [1.54, 1.807) is 0 Å². The minimum absolute atomic E-state index is 0. The van der Waals surface area contributed by atoms with Crippen LogP contribution in [0, 0.1) is 5.92 Å². The third-order valence-electron chi connectivity index (χ3n) is 5.13. The van der Waals surface area contributed by atoms with Gasteiger partial charge < -0.3 is 29.7 Å². The number of carbonyl (C=O) groups excluding carboxylic acids is 1. The van der Waals surface area contributed by atoms with Crippen molar-refractivity contribution < 1.29 is 19.0 Å². The van der Waals surface area contributed by atoms with E-state index in [9.17, 15) is 4.79 Å². The molecule has 1 aliphatic rings. The van der Waals surface area contributed by atoms with Crippen molar-refractivity contribution in [2.24, 2.45) is 10.9 Å². The fourth-order valence-electron chi connectivity index (χ4n) is 3.54. The molecule has 0 bridgehead atoms. The second-order valence-corrected chi connectivity index (χ2v) is 9.34. The normalized spacial score (nSPS) is 16.5.